The molecule has 2 heterocycles. The van der Waals surface area contributed by atoms with Crippen LogP contribution in [0.25, 0.3) is 17.3 Å². The van der Waals surface area contributed by atoms with Gasteiger partial charge in [0.05, 0.1) is 11.3 Å². The third-order valence-corrected chi connectivity index (χ3v) is 4.55. The Balaban J connectivity index is 1.89. The van der Waals surface area contributed by atoms with Gasteiger partial charge >= 0.3 is 5.97 Å². The maximum atomic E-state index is 13.1. The molecule has 0 bridgehead atoms. The summed E-state index contributed by atoms with van der Waals surface area (Å²) in [6.45, 7) is 0. The molecule has 0 fully saturated rings. The van der Waals surface area contributed by atoms with E-state index in [0.29, 0.717) is 23.3 Å². The van der Waals surface area contributed by atoms with Crippen LogP contribution in [0.3, 0.4) is 0 Å². The lowest BCUT2D eigenvalue weighted by molar-refractivity contribution is 0.0696. The number of fused-ring (bicyclic) bond motifs is 2. The minimum absolute atomic E-state index is 0.0410. The largest absolute Gasteiger partial charge is 0.478 e. The molecular formula is C20H15FN2O3. The first-order valence-electron chi connectivity index (χ1n) is 8.28. The van der Waals surface area contributed by atoms with Crippen molar-refractivity contribution in [2.24, 2.45) is 0 Å². The molecule has 0 unspecified atom stereocenters. The van der Waals surface area contributed by atoms with Crippen LogP contribution in [0.15, 0.2) is 47.4 Å². The third kappa shape index (κ3) is 2.79. The number of carboxylic acids is 1. The van der Waals surface area contributed by atoms with Crippen LogP contribution in [0.4, 0.5) is 4.39 Å². The Bertz CT molecular complexity index is 1110. The van der Waals surface area contributed by atoms with Gasteiger partial charge in [-0.15, -0.1) is 0 Å². The number of halogens is 1. The number of carboxylic acid groups (broad SMARTS) is 1. The molecule has 6 heteroatoms. The van der Waals surface area contributed by atoms with Crippen LogP contribution in [0.5, 0.6) is 0 Å². The van der Waals surface area contributed by atoms with E-state index in [1.165, 1.54) is 34.9 Å². The molecule has 0 saturated carbocycles. The van der Waals surface area contributed by atoms with Gasteiger partial charge < -0.3 is 5.11 Å². The molecule has 1 aliphatic carbocycles. The molecule has 1 N–H and O–H groups in total. The van der Waals surface area contributed by atoms with Crippen LogP contribution in [0, 0.1) is 5.82 Å². The van der Waals surface area contributed by atoms with Crippen molar-refractivity contribution in [3.8, 4) is 0 Å². The zero-order valence-electron chi connectivity index (χ0n) is 13.8. The van der Waals surface area contributed by atoms with Crippen molar-refractivity contribution in [1.29, 1.82) is 0 Å². The molecule has 0 atom stereocenters. The summed E-state index contributed by atoms with van der Waals surface area (Å²) in [6, 6.07) is 9.13. The van der Waals surface area contributed by atoms with Crippen molar-refractivity contribution < 1.29 is 14.3 Å². The normalized spacial score (nSPS) is 15.2. The summed E-state index contributed by atoms with van der Waals surface area (Å²) in [7, 11) is 0. The summed E-state index contributed by atoms with van der Waals surface area (Å²) >= 11 is 0. The van der Waals surface area contributed by atoms with E-state index in [4.69, 9.17) is 5.11 Å². The van der Waals surface area contributed by atoms with Crippen molar-refractivity contribution in [1.82, 2.24) is 9.38 Å². The van der Waals surface area contributed by atoms with Crippen LogP contribution in [0.1, 0.15) is 40.0 Å². The summed E-state index contributed by atoms with van der Waals surface area (Å²) in [4.78, 5) is 28.6. The molecule has 0 spiro atoms. The maximum absolute atomic E-state index is 13.1. The highest BCUT2D eigenvalue weighted by atomic mass is 19.1. The number of aromatic nitrogens is 2. The number of hydrogen-bond donors (Lipinski definition) is 1. The molecule has 0 radical (unpaired) electrons. The van der Waals surface area contributed by atoms with Gasteiger partial charge in [-0.05, 0) is 60.7 Å². The molecular weight excluding hydrogens is 335 g/mol. The first-order valence-corrected chi connectivity index (χ1v) is 8.28. The average molecular weight is 350 g/mol. The fourth-order valence-electron chi connectivity index (χ4n) is 3.27. The Labute approximate surface area is 148 Å². The van der Waals surface area contributed by atoms with Gasteiger partial charge in [0, 0.05) is 11.8 Å². The second-order valence-corrected chi connectivity index (χ2v) is 6.27. The van der Waals surface area contributed by atoms with Gasteiger partial charge in [0.15, 0.2) is 0 Å². The number of pyridine rings is 1. The first-order chi connectivity index (χ1) is 12.5. The fraction of sp³-hybridized carbons (Fsp3) is 0.150. The van der Waals surface area contributed by atoms with E-state index in [1.54, 1.807) is 12.1 Å². The Morgan fingerprint density at radius 3 is 2.65 bits per heavy atom. The lowest BCUT2D eigenvalue weighted by Gasteiger charge is -2.18. The number of aromatic carboxylic acids is 1. The van der Waals surface area contributed by atoms with E-state index < -0.39 is 5.97 Å². The Morgan fingerprint density at radius 2 is 1.92 bits per heavy atom. The third-order valence-electron chi connectivity index (χ3n) is 4.55. The number of allylic oxidation sites excluding steroid dienone is 1. The monoisotopic (exact) mass is 350 g/mol. The molecule has 2 aromatic heterocycles. The number of carbonyl (C=O) groups is 1. The van der Waals surface area contributed by atoms with E-state index in [2.05, 4.69) is 4.98 Å². The summed E-state index contributed by atoms with van der Waals surface area (Å²) in [5.74, 6) is -1.39. The topological polar surface area (TPSA) is 71.7 Å². The number of rotatable bonds is 2. The predicted molar refractivity (Wildman–Crippen MR) is 95.6 cm³/mol. The Hall–Kier alpha value is -3.28. The molecule has 0 saturated heterocycles. The van der Waals surface area contributed by atoms with E-state index in [1.807, 2.05) is 6.08 Å². The van der Waals surface area contributed by atoms with Gasteiger partial charge in [-0.1, -0.05) is 12.1 Å². The summed E-state index contributed by atoms with van der Waals surface area (Å²) in [6.07, 6.45) is 5.42. The van der Waals surface area contributed by atoms with E-state index in [9.17, 15) is 14.0 Å². The predicted octanol–water partition coefficient (Wildman–Crippen LogP) is 3.41. The second kappa shape index (κ2) is 6.22. The highest BCUT2D eigenvalue weighted by Gasteiger charge is 2.21. The summed E-state index contributed by atoms with van der Waals surface area (Å²) in [5, 5.41) is 9.13. The average Bonchev–Trinajstić information content (AvgIpc) is 2.64. The quantitative estimate of drug-likeness (QED) is 0.769. The maximum Gasteiger partial charge on any atom is 0.337 e. The number of benzene rings is 1. The number of nitrogens with zero attached hydrogens (tertiary/aromatic N) is 2. The first kappa shape index (κ1) is 16.2. The molecule has 4 rings (SSSR count). The van der Waals surface area contributed by atoms with E-state index in [-0.39, 0.29) is 16.9 Å². The van der Waals surface area contributed by atoms with Crippen molar-refractivity contribution in [2.75, 3.05) is 0 Å². The minimum Gasteiger partial charge on any atom is -0.478 e. The van der Waals surface area contributed by atoms with Crippen LogP contribution in [-0.2, 0) is 6.42 Å². The van der Waals surface area contributed by atoms with Crippen LogP contribution in [-0.4, -0.2) is 20.5 Å². The standard InChI is InChI=1S/C20H15FN2O3/c21-15-7-4-12(5-8-15)10-13-2-1-3-16-18(13)22-17-9-6-14(20(25)26)11-23(17)19(16)24/h4-11H,1-3H2,(H,25,26)/b13-10-. The zero-order chi connectivity index (χ0) is 18.3. The molecule has 0 aliphatic heterocycles. The summed E-state index contributed by atoms with van der Waals surface area (Å²) < 4.78 is 14.4. The minimum atomic E-state index is -1.09. The fourth-order valence-corrected chi connectivity index (χ4v) is 3.27. The van der Waals surface area contributed by atoms with Crippen molar-refractivity contribution in [3.05, 3.63) is 81.2 Å². The Kier molecular flexibility index (Phi) is 3.88. The molecule has 26 heavy (non-hydrogen) atoms. The molecule has 1 aromatic carbocycles. The smallest absolute Gasteiger partial charge is 0.337 e. The molecule has 1 aliphatic rings. The van der Waals surface area contributed by atoms with Crippen LogP contribution < -0.4 is 5.56 Å². The molecule has 5 nitrogen and oxygen atoms in total. The molecule has 0 amide bonds. The van der Waals surface area contributed by atoms with Gasteiger partial charge in [0.1, 0.15) is 11.5 Å². The van der Waals surface area contributed by atoms with Gasteiger partial charge in [-0.25, -0.2) is 14.2 Å². The summed E-state index contributed by atoms with van der Waals surface area (Å²) in [5.41, 5.74) is 3.22. The van der Waals surface area contributed by atoms with E-state index >= 15 is 0 Å². The lowest BCUT2D eigenvalue weighted by atomic mass is 9.91. The lowest BCUT2D eigenvalue weighted by Crippen LogP contribution is -2.25. The zero-order valence-corrected chi connectivity index (χ0v) is 13.8. The van der Waals surface area contributed by atoms with E-state index in [0.717, 1.165) is 24.0 Å². The van der Waals surface area contributed by atoms with Gasteiger partial charge in [-0.3, -0.25) is 9.20 Å². The number of hydrogen-bond acceptors (Lipinski definition) is 3. The van der Waals surface area contributed by atoms with Gasteiger partial charge in [0.25, 0.3) is 5.56 Å². The highest BCUT2D eigenvalue weighted by molar-refractivity contribution is 5.88. The van der Waals surface area contributed by atoms with Crippen molar-refractivity contribution >= 4 is 23.3 Å². The van der Waals surface area contributed by atoms with Crippen LogP contribution in [0.2, 0.25) is 0 Å². The van der Waals surface area contributed by atoms with Gasteiger partial charge in [-0.2, -0.15) is 0 Å². The SMILES string of the molecule is O=C(O)c1ccc2nc3c(c(=O)n2c1)CCC/C3=C/c1ccc(F)cc1. The van der Waals surface area contributed by atoms with Gasteiger partial charge in [0.2, 0.25) is 0 Å². The van der Waals surface area contributed by atoms with Crippen LogP contribution >= 0.6 is 0 Å². The molecule has 3 aromatic rings. The highest BCUT2D eigenvalue weighted by Crippen LogP contribution is 2.29. The Morgan fingerprint density at radius 1 is 1.15 bits per heavy atom. The van der Waals surface area contributed by atoms with Crippen molar-refractivity contribution in [3.63, 3.8) is 0 Å². The molecule has 130 valence electrons. The van der Waals surface area contributed by atoms with Crippen molar-refractivity contribution in [2.45, 2.75) is 19.3 Å². The second-order valence-electron chi connectivity index (χ2n) is 6.27.